The van der Waals surface area contributed by atoms with Gasteiger partial charge in [0.25, 0.3) is 0 Å². The number of urea groups is 1. The molecule has 0 aliphatic heterocycles. The number of nitrogens with one attached hydrogen (secondary N) is 2. The Morgan fingerprint density at radius 1 is 1.41 bits per heavy atom. The fraction of sp³-hybridized carbons (Fsp3) is 0.286. The van der Waals surface area contributed by atoms with E-state index in [4.69, 9.17) is 23.2 Å². The molecule has 3 N–H and O–H groups in total. The molecule has 1 atom stereocenters. The molecule has 0 saturated heterocycles. The molecule has 0 aliphatic rings. The van der Waals surface area contributed by atoms with Crippen molar-refractivity contribution in [2.24, 2.45) is 7.05 Å². The molecule has 118 valence electrons. The number of benzene rings is 1. The average molecular weight is 343 g/mol. The minimum absolute atomic E-state index is 0.0129. The van der Waals surface area contributed by atoms with Gasteiger partial charge >= 0.3 is 6.03 Å². The van der Waals surface area contributed by atoms with Gasteiger partial charge in [-0.1, -0.05) is 29.3 Å². The number of nitrogens with zero attached hydrogens (tertiary/aromatic N) is 2. The third kappa shape index (κ3) is 4.13. The third-order valence-electron chi connectivity index (χ3n) is 3.13. The molecular formula is C14H16Cl2N4O2. The van der Waals surface area contributed by atoms with Gasteiger partial charge in [-0.2, -0.15) is 5.10 Å². The lowest BCUT2D eigenvalue weighted by Crippen LogP contribution is -2.32. The normalized spacial score (nSPS) is 12.0. The first-order chi connectivity index (χ1) is 10.4. The standard InChI is InChI=1S/C14H16Cl2N4O2/c1-8-5-13(19-20(8)2)18-14(22)17-7-12(21)10-4-3-9(15)6-11(10)16/h3-6,12,21H,7H2,1-2H3,(H2,17,18,19,22). The maximum atomic E-state index is 11.8. The van der Waals surface area contributed by atoms with Crippen LogP contribution in [-0.4, -0.2) is 27.5 Å². The first-order valence-electron chi connectivity index (χ1n) is 6.55. The van der Waals surface area contributed by atoms with Crippen LogP contribution in [0.4, 0.5) is 10.6 Å². The summed E-state index contributed by atoms with van der Waals surface area (Å²) in [6.07, 6.45) is -0.930. The monoisotopic (exact) mass is 342 g/mol. The van der Waals surface area contributed by atoms with Crippen LogP contribution in [0, 0.1) is 6.92 Å². The van der Waals surface area contributed by atoms with Crippen molar-refractivity contribution in [2.45, 2.75) is 13.0 Å². The molecule has 0 radical (unpaired) electrons. The molecule has 0 spiro atoms. The Morgan fingerprint density at radius 2 is 2.14 bits per heavy atom. The lowest BCUT2D eigenvalue weighted by molar-refractivity contribution is 0.175. The number of aromatic nitrogens is 2. The Bertz CT molecular complexity index is 668. The lowest BCUT2D eigenvalue weighted by Gasteiger charge is -2.14. The van der Waals surface area contributed by atoms with E-state index in [9.17, 15) is 9.90 Å². The number of anilines is 1. The van der Waals surface area contributed by atoms with E-state index in [0.29, 0.717) is 21.4 Å². The van der Waals surface area contributed by atoms with Crippen molar-refractivity contribution in [2.75, 3.05) is 11.9 Å². The fourth-order valence-electron chi connectivity index (χ4n) is 1.85. The topological polar surface area (TPSA) is 79.2 Å². The lowest BCUT2D eigenvalue weighted by atomic mass is 10.1. The maximum absolute atomic E-state index is 11.8. The summed E-state index contributed by atoms with van der Waals surface area (Å²) in [6, 6.07) is 6.08. The van der Waals surface area contributed by atoms with Crippen LogP contribution >= 0.6 is 23.2 Å². The number of aliphatic hydroxyl groups excluding tert-OH is 1. The number of carbonyl (C=O) groups excluding carboxylic acids is 1. The molecule has 8 heteroatoms. The molecule has 1 aromatic carbocycles. The van der Waals surface area contributed by atoms with Crippen LogP contribution in [0.2, 0.25) is 10.0 Å². The van der Waals surface area contributed by atoms with Crippen molar-refractivity contribution in [1.82, 2.24) is 15.1 Å². The summed E-state index contributed by atoms with van der Waals surface area (Å²) in [5, 5.41) is 20.2. The van der Waals surface area contributed by atoms with Crippen LogP contribution in [-0.2, 0) is 7.05 Å². The second-order valence-electron chi connectivity index (χ2n) is 4.81. The Morgan fingerprint density at radius 3 is 2.73 bits per heavy atom. The van der Waals surface area contributed by atoms with E-state index < -0.39 is 12.1 Å². The minimum atomic E-state index is -0.930. The molecule has 0 saturated carbocycles. The smallest absolute Gasteiger partial charge is 0.320 e. The average Bonchev–Trinajstić information content (AvgIpc) is 2.74. The van der Waals surface area contributed by atoms with Gasteiger partial charge < -0.3 is 10.4 Å². The highest BCUT2D eigenvalue weighted by Crippen LogP contribution is 2.25. The quantitative estimate of drug-likeness (QED) is 0.799. The maximum Gasteiger partial charge on any atom is 0.320 e. The molecule has 2 rings (SSSR count). The van der Waals surface area contributed by atoms with E-state index in [1.54, 1.807) is 36.0 Å². The highest BCUT2D eigenvalue weighted by Gasteiger charge is 2.14. The molecule has 2 amide bonds. The number of amides is 2. The number of halogens is 2. The molecule has 1 aromatic heterocycles. The largest absolute Gasteiger partial charge is 0.387 e. The molecule has 0 bridgehead atoms. The Hall–Kier alpha value is -1.76. The molecule has 1 heterocycles. The van der Waals surface area contributed by atoms with E-state index in [0.717, 1.165) is 5.69 Å². The van der Waals surface area contributed by atoms with Gasteiger partial charge in [0.05, 0.1) is 6.10 Å². The van der Waals surface area contributed by atoms with Crippen molar-refractivity contribution in [1.29, 1.82) is 0 Å². The van der Waals surface area contributed by atoms with Crippen molar-refractivity contribution in [3.05, 3.63) is 45.6 Å². The van der Waals surface area contributed by atoms with Gasteiger partial charge in [-0.15, -0.1) is 0 Å². The molecular weight excluding hydrogens is 327 g/mol. The number of carbonyl (C=O) groups is 1. The van der Waals surface area contributed by atoms with Crippen LogP contribution in [0.5, 0.6) is 0 Å². The molecule has 2 aromatic rings. The van der Waals surface area contributed by atoms with Crippen LogP contribution < -0.4 is 10.6 Å². The Labute approximate surface area is 138 Å². The predicted molar refractivity (Wildman–Crippen MR) is 86.4 cm³/mol. The summed E-state index contributed by atoms with van der Waals surface area (Å²) < 4.78 is 1.65. The zero-order chi connectivity index (χ0) is 16.3. The van der Waals surface area contributed by atoms with Gasteiger partial charge in [-0.3, -0.25) is 10.00 Å². The second-order valence-corrected chi connectivity index (χ2v) is 5.65. The van der Waals surface area contributed by atoms with Gasteiger partial charge in [0.2, 0.25) is 0 Å². The SMILES string of the molecule is Cc1cc(NC(=O)NCC(O)c2ccc(Cl)cc2Cl)nn1C. The van der Waals surface area contributed by atoms with E-state index >= 15 is 0 Å². The summed E-state index contributed by atoms with van der Waals surface area (Å²) in [5.41, 5.74) is 1.42. The van der Waals surface area contributed by atoms with Gasteiger partial charge in [-0.05, 0) is 19.1 Å². The van der Waals surface area contributed by atoms with Crippen molar-refractivity contribution < 1.29 is 9.90 Å². The van der Waals surface area contributed by atoms with Crippen molar-refractivity contribution in [3.63, 3.8) is 0 Å². The van der Waals surface area contributed by atoms with Gasteiger partial charge in [0.15, 0.2) is 5.82 Å². The minimum Gasteiger partial charge on any atom is -0.387 e. The van der Waals surface area contributed by atoms with E-state index in [-0.39, 0.29) is 6.54 Å². The number of aliphatic hydroxyl groups is 1. The highest BCUT2D eigenvalue weighted by molar-refractivity contribution is 6.35. The number of hydrogen-bond acceptors (Lipinski definition) is 3. The zero-order valence-corrected chi connectivity index (χ0v) is 13.6. The second kappa shape index (κ2) is 7.00. The summed E-state index contributed by atoms with van der Waals surface area (Å²) in [4.78, 5) is 11.8. The predicted octanol–water partition coefficient (Wildman–Crippen LogP) is 2.89. The summed E-state index contributed by atoms with van der Waals surface area (Å²) in [7, 11) is 1.78. The van der Waals surface area contributed by atoms with Gasteiger partial charge in [0.1, 0.15) is 0 Å². The van der Waals surface area contributed by atoms with Crippen molar-refractivity contribution in [3.8, 4) is 0 Å². The molecule has 6 nitrogen and oxygen atoms in total. The number of hydrogen-bond donors (Lipinski definition) is 3. The van der Waals surface area contributed by atoms with E-state index in [2.05, 4.69) is 15.7 Å². The zero-order valence-electron chi connectivity index (χ0n) is 12.1. The van der Waals surface area contributed by atoms with Gasteiger partial charge in [-0.25, -0.2) is 4.79 Å². The number of rotatable bonds is 4. The van der Waals surface area contributed by atoms with Crippen LogP contribution in [0.3, 0.4) is 0 Å². The summed E-state index contributed by atoms with van der Waals surface area (Å²) >= 11 is 11.8. The van der Waals surface area contributed by atoms with Crippen LogP contribution in [0.25, 0.3) is 0 Å². The number of aryl methyl sites for hydroxylation is 2. The van der Waals surface area contributed by atoms with E-state index in [1.165, 1.54) is 0 Å². The van der Waals surface area contributed by atoms with Crippen LogP contribution in [0.1, 0.15) is 17.4 Å². The molecule has 1 unspecified atom stereocenters. The van der Waals surface area contributed by atoms with Crippen molar-refractivity contribution >= 4 is 35.1 Å². The first kappa shape index (κ1) is 16.6. The first-order valence-corrected chi connectivity index (χ1v) is 7.31. The van der Waals surface area contributed by atoms with Gasteiger partial charge in [0, 0.05) is 41.0 Å². The Balaban J connectivity index is 1.90. The molecule has 22 heavy (non-hydrogen) atoms. The third-order valence-corrected chi connectivity index (χ3v) is 3.70. The Kier molecular flexibility index (Phi) is 5.28. The fourth-order valence-corrected chi connectivity index (χ4v) is 2.39. The van der Waals surface area contributed by atoms with Crippen LogP contribution in [0.15, 0.2) is 24.3 Å². The molecule has 0 aliphatic carbocycles. The highest BCUT2D eigenvalue weighted by atomic mass is 35.5. The molecule has 0 fully saturated rings. The summed E-state index contributed by atoms with van der Waals surface area (Å²) in [5.74, 6) is 0.441. The summed E-state index contributed by atoms with van der Waals surface area (Å²) in [6.45, 7) is 1.89. The van der Waals surface area contributed by atoms with E-state index in [1.807, 2.05) is 6.92 Å².